The topological polar surface area (TPSA) is 9.23 Å². The van der Waals surface area contributed by atoms with Crippen molar-refractivity contribution < 1.29 is 4.74 Å². The van der Waals surface area contributed by atoms with Gasteiger partial charge in [0.25, 0.3) is 0 Å². The van der Waals surface area contributed by atoms with Gasteiger partial charge in [-0.3, -0.25) is 0 Å². The van der Waals surface area contributed by atoms with E-state index >= 15 is 0 Å². The fourth-order valence-corrected chi connectivity index (χ4v) is 0.338. The molecule has 0 atom stereocenters. The summed E-state index contributed by atoms with van der Waals surface area (Å²) >= 11 is 3.10. The highest BCUT2D eigenvalue weighted by atomic mass is 79.9. The first-order valence-corrected chi connectivity index (χ1v) is 3.41. The van der Waals surface area contributed by atoms with Gasteiger partial charge >= 0.3 is 0 Å². The molecule has 0 heterocycles. The second kappa shape index (κ2) is 3.13. The Morgan fingerprint density at radius 3 is 2.00 bits per heavy atom. The maximum Gasteiger partial charge on any atom is 0.0998 e. The molecule has 0 unspecified atom stereocenters. The predicted octanol–water partition coefficient (Wildman–Crippen LogP) is 2.67. The SMILES string of the molecule is CC(C)(C)O/C=C/Br. The van der Waals surface area contributed by atoms with Crippen molar-refractivity contribution in [3.05, 3.63) is 11.2 Å². The van der Waals surface area contributed by atoms with Gasteiger partial charge in [0.2, 0.25) is 0 Å². The van der Waals surface area contributed by atoms with E-state index in [2.05, 4.69) is 15.9 Å². The summed E-state index contributed by atoms with van der Waals surface area (Å²) in [5.74, 6) is 0. The van der Waals surface area contributed by atoms with E-state index in [-0.39, 0.29) is 5.60 Å². The monoisotopic (exact) mass is 178 g/mol. The van der Waals surface area contributed by atoms with Gasteiger partial charge in [-0.25, -0.2) is 0 Å². The minimum atomic E-state index is -0.0652. The molecule has 0 rings (SSSR count). The van der Waals surface area contributed by atoms with Gasteiger partial charge in [0.05, 0.1) is 11.9 Å². The first-order chi connectivity index (χ1) is 3.56. The molecule has 0 bridgehead atoms. The Balaban J connectivity index is 3.39. The number of halogens is 1. The fraction of sp³-hybridized carbons (Fsp3) is 0.667. The van der Waals surface area contributed by atoms with Crippen LogP contribution in [0.2, 0.25) is 0 Å². The fourth-order valence-electron chi connectivity index (χ4n) is 0.230. The van der Waals surface area contributed by atoms with E-state index in [9.17, 15) is 0 Å². The van der Waals surface area contributed by atoms with Gasteiger partial charge in [0, 0.05) is 4.99 Å². The lowest BCUT2D eigenvalue weighted by molar-refractivity contribution is 0.0772. The van der Waals surface area contributed by atoms with Crippen LogP contribution in [0.4, 0.5) is 0 Å². The zero-order valence-electron chi connectivity index (χ0n) is 5.44. The van der Waals surface area contributed by atoms with Crippen LogP contribution in [0.25, 0.3) is 0 Å². The summed E-state index contributed by atoms with van der Waals surface area (Å²) in [6, 6.07) is 0. The van der Waals surface area contributed by atoms with E-state index < -0.39 is 0 Å². The summed E-state index contributed by atoms with van der Waals surface area (Å²) < 4.78 is 5.15. The first-order valence-electron chi connectivity index (χ1n) is 2.49. The minimum absolute atomic E-state index is 0.0652. The molecule has 0 aliphatic carbocycles. The van der Waals surface area contributed by atoms with Gasteiger partial charge in [0.1, 0.15) is 0 Å². The zero-order valence-corrected chi connectivity index (χ0v) is 7.03. The van der Waals surface area contributed by atoms with Crippen LogP contribution in [0.1, 0.15) is 20.8 Å². The summed E-state index contributed by atoms with van der Waals surface area (Å²) in [5.41, 5.74) is -0.0652. The van der Waals surface area contributed by atoms with Crippen molar-refractivity contribution in [1.82, 2.24) is 0 Å². The van der Waals surface area contributed by atoms with Gasteiger partial charge < -0.3 is 4.74 Å². The first kappa shape index (κ1) is 8.02. The Labute approximate surface area is 58.9 Å². The maximum absolute atomic E-state index is 5.15. The molecular weight excluding hydrogens is 168 g/mol. The van der Waals surface area contributed by atoms with E-state index in [1.165, 1.54) is 0 Å². The zero-order chi connectivity index (χ0) is 6.62. The van der Waals surface area contributed by atoms with Gasteiger partial charge in [-0.1, -0.05) is 15.9 Å². The van der Waals surface area contributed by atoms with Gasteiger partial charge in [-0.15, -0.1) is 0 Å². The smallest absolute Gasteiger partial charge is 0.0998 e. The third-order valence-electron chi connectivity index (χ3n) is 0.473. The highest BCUT2D eigenvalue weighted by Crippen LogP contribution is 2.06. The van der Waals surface area contributed by atoms with Crippen LogP contribution in [0.3, 0.4) is 0 Å². The number of ether oxygens (including phenoxy) is 1. The van der Waals surface area contributed by atoms with Crippen LogP contribution in [0.15, 0.2) is 11.2 Å². The Morgan fingerprint density at radius 2 is 1.88 bits per heavy atom. The summed E-state index contributed by atoms with van der Waals surface area (Å²) in [7, 11) is 0. The van der Waals surface area contributed by atoms with Crippen molar-refractivity contribution in [3.8, 4) is 0 Å². The molecule has 0 aliphatic rings. The lowest BCUT2D eigenvalue weighted by atomic mass is 10.2. The molecule has 0 saturated carbocycles. The Hall–Kier alpha value is 0.0200. The maximum atomic E-state index is 5.15. The standard InChI is InChI=1S/C6H11BrO/c1-6(2,3)8-5-4-7/h4-5H,1-3H3/b5-4+. The van der Waals surface area contributed by atoms with Crippen molar-refractivity contribution in [2.24, 2.45) is 0 Å². The van der Waals surface area contributed by atoms with E-state index in [1.54, 1.807) is 11.2 Å². The second-order valence-corrected chi connectivity index (χ2v) is 3.02. The van der Waals surface area contributed by atoms with Crippen molar-refractivity contribution in [3.63, 3.8) is 0 Å². The lowest BCUT2D eigenvalue weighted by Crippen LogP contribution is -2.14. The van der Waals surface area contributed by atoms with E-state index in [1.807, 2.05) is 20.8 Å². The Bertz CT molecular complexity index is 81.0. The highest BCUT2D eigenvalue weighted by Gasteiger charge is 2.06. The molecule has 0 aromatic carbocycles. The molecule has 0 amide bonds. The number of hydrogen-bond acceptors (Lipinski definition) is 1. The average Bonchev–Trinajstić information content (AvgIpc) is 1.59. The number of hydrogen-bond donors (Lipinski definition) is 0. The van der Waals surface area contributed by atoms with E-state index in [4.69, 9.17) is 4.74 Å². The summed E-state index contributed by atoms with van der Waals surface area (Å²) in [6.45, 7) is 6.00. The second-order valence-electron chi connectivity index (χ2n) is 2.49. The van der Waals surface area contributed by atoms with Gasteiger partial charge in [-0.05, 0) is 20.8 Å². The van der Waals surface area contributed by atoms with Crippen LogP contribution in [0, 0.1) is 0 Å². The predicted molar refractivity (Wildman–Crippen MR) is 38.9 cm³/mol. The normalized spacial score (nSPS) is 12.5. The molecule has 0 saturated heterocycles. The quantitative estimate of drug-likeness (QED) is 0.562. The molecule has 0 aliphatic heterocycles. The Kier molecular flexibility index (Phi) is 3.13. The van der Waals surface area contributed by atoms with Crippen molar-refractivity contribution in [1.29, 1.82) is 0 Å². The lowest BCUT2D eigenvalue weighted by Gasteiger charge is -2.16. The van der Waals surface area contributed by atoms with Crippen molar-refractivity contribution in [2.45, 2.75) is 26.4 Å². The third-order valence-corrected chi connectivity index (χ3v) is 0.689. The van der Waals surface area contributed by atoms with Crippen molar-refractivity contribution >= 4 is 15.9 Å². The van der Waals surface area contributed by atoms with E-state index in [0.29, 0.717) is 0 Å². The molecule has 0 aromatic heterocycles. The molecule has 1 nitrogen and oxygen atoms in total. The molecule has 48 valence electrons. The molecule has 0 N–H and O–H groups in total. The highest BCUT2D eigenvalue weighted by molar-refractivity contribution is 9.11. The van der Waals surface area contributed by atoms with Crippen LogP contribution in [0.5, 0.6) is 0 Å². The molecule has 2 heteroatoms. The van der Waals surface area contributed by atoms with Crippen molar-refractivity contribution in [2.75, 3.05) is 0 Å². The average molecular weight is 179 g/mol. The molecular formula is C6H11BrO. The summed E-state index contributed by atoms with van der Waals surface area (Å²) in [5, 5.41) is 0. The molecule has 0 aromatic rings. The van der Waals surface area contributed by atoms with Gasteiger partial charge in [-0.2, -0.15) is 0 Å². The number of rotatable bonds is 1. The minimum Gasteiger partial charge on any atom is -0.495 e. The molecule has 0 radical (unpaired) electrons. The van der Waals surface area contributed by atoms with Crippen LogP contribution < -0.4 is 0 Å². The molecule has 8 heavy (non-hydrogen) atoms. The van der Waals surface area contributed by atoms with Crippen LogP contribution in [-0.2, 0) is 4.74 Å². The Morgan fingerprint density at radius 1 is 1.38 bits per heavy atom. The molecule has 0 spiro atoms. The van der Waals surface area contributed by atoms with Gasteiger partial charge in [0.15, 0.2) is 0 Å². The van der Waals surface area contributed by atoms with E-state index in [0.717, 1.165) is 0 Å². The van der Waals surface area contributed by atoms with Crippen LogP contribution >= 0.6 is 15.9 Å². The molecule has 0 fully saturated rings. The summed E-state index contributed by atoms with van der Waals surface area (Å²) in [4.78, 5) is 1.69. The summed E-state index contributed by atoms with van der Waals surface area (Å²) in [6.07, 6.45) is 1.62. The van der Waals surface area contributed by atoms with Crippen LogP contribution in [-0.4, -0.2) is 5.60 Å². The third kappa shape index (κ3) is 6.02. The largest absolute Gasteiger partial charge is 0.495 e.